The maximum Gasteiger partial charge on any atom is 0.261 e. The van der Waals surface area contributed by atoms with E-state index in [2.05, 4.69) is 20.1 Å². The highest BCUT2D eigenvalue weighted by molar-refractivity contribution is 5.49. The zero-order valence-electron chi connectivity index (χ0n) is 10.5. The van der Waals surface area contributed by atoms with Crippen LogP contribution in [-0.4, -0.2) is 33.3 Å². The Labute approximate surface area is 110 Å². The van der Waals surface area contributed by atoms with Crippen LogP contribution in [-0.2, 0) is 4.74 Å². The number of aromatic nitrogens is 4. The molecule has 1 aliphatic carbocycles. The van der Waals surface area contributed by atoms with E-state index in [1.54, 1.807) is 12.4 Å². The predicted octanol–water partition coefficient (Wildman–Crippen LogP) is 1.91. The highest BCUT2D eigenvalue weighted by atomic mass is 16.5. The van der Waals surface area contributed by atoms with Gasteiger partial charge >= 0.3 is 0 Å². The van der Waals surface area contributed by atoms with Crippen molar-refractivity contribution in [2.24, 2.45) is 0 Å². The van der Waals surface area contributed by atoms with Gasteiger partial charge in [0.2, 0.25) is 0 Å². The molecule has 2 fully saturated rings. The summed E-state index contributed by atoms with van der Waals surface area (Å²) in [5.74, 6) is 2.95. The van der Waals surface area contributed by atoms with Gasteiger partial charge in [-0.3, -0.25) is 0 Å². The SMILES string of the molecule is c1nc(C2CC2)ncc1-c1nc(C2CCOC2)no1. The molecule has 1 atom stereocenters. The van der Waals surface area contributed by atoms with E-state index in [0.717, 1.165) is 30.2 Å². The third kappa shape index (κ3) is 2.12. The maximum atomic E-state index is 5.33. The van der Waals surface area contributed by atoms with Gasteiger partial charge in [0.15, 0.2) is 5.82 Å². The van der Waals surface area contributed by atoms with Gasteiger partial charge in [-0.15, -0.1) is 0 Å². The van der Waals surface area contributed by atoms with Crippen molar-refractivity contribution in [2.75, 3.05) is 13.2 Å². The average molecular weight is 258 g/mol. The zero-order chi connectivity index (χ0) is 12.7. The van der Waals surface area contributed by atoms with Gasteiger partial charge < -0.3 is 9.26 Å². The molecular formula is C13H14N4O2. The molecule has 0 bridgehead atoms. The summed E-state index contributed by atoms with van der Waals surface area (Å²) >= 11 is 0. The van der Waals surface area contributed by atoms with E-state index in [1.165, 1.54) is 12.8 Å². The normalized spacial score (nSPS) is 22.8. The van der Waals surface area contributed by atoms with Crippen LogP contribution in [0.25, 0.3) is 11.5 Å². The molecule has 0 amide bonds. The Morgan fingerprint density at radius 2 is 1.84 bits per heavy atom. The van der Waals surface area contributed by atoms with Crippen LogP contribution in [0.5, 0.6) is 0 Å². The highest BCUT2D eigenvalue weighted by Gasteiger charge is 2.27. The lowest BCUT2D eigenvalue weighted by Gasteiger charge is -1.98. The van der Waals surface area contributed by atoms with E-state index >= 15 is 0 Å². The zero-order valence-corrected chi connectivity index (χ0v) is 10.5. The van der Waals surface area contributed by atoms with Gasteiger partial charge in [0.05, 0.1) is 12.2 Å². The minimum absolute atomic E-state index is 0.254. The number of nitrogens with zero attached hydrogens (tertiary/aromatic N) is 4. The first-order valence-electron chi connectivity index (χ1n) is 6.64. The summed E-state index contributed by atoms with van der Waals surface area (Å²) in [4.78, 5) is 13.1. The van der Waals surface area contributed by atoms with Crippen LogP contribution in [0.2, 0.25) is 0 Å². The van der Waals surface area contributed by atoms with E-state index in [9.17, 15) is 0 Å². The maximum absolute atomic E-state index is 5.33. The second-order valence-electron chi connectivity index (χ2n) is 5.12. The molecule has 0 spiro atoms. The lowest BCUT2D eigenvalue weighted by atomic mass is 10.1. The first-order chi connectivity index (χ1) is 9.40. The van der Waals surface area contributed by atoms with E-state index in [4.69, 9.17) is 9.26 Å². The molecule has 1 saturated carbocycles. The van der Waals surface area contributed by atoms with Crippen LogP contribution in [0, 0.1) is 0 Å². The molecule has 6 heteroatoms. The van der Waals surface area contributed by atoms with Gasteiger partial charge in [0, 0.05) is 30.8 Å². The topological polar surface area (TPSA) is 73.9 Å². The molecule has 0 radical (unpaired) electrons. The molecule has 1 aliphatic heterocycles. The van der Waals surface area contributed by atoms with Gasteiger partial charge in [-0.1, -0.05) is 5.16 Å². The Kier molecular flexibility index (Phi) is 2.55. The summed E-state index contributed by atoms with van der Waals surface area (Å²) in [5, 5.41) is 4.02. The standard InChI is InChI=1S/C13H14N4O2/c1-2-8(1)11-14-5-10(6-15-11)13-16-12(17-19-13)9-3-4-18-7-9/h5-6,8-9H,1-4,7H2. The predicted molar refractivity (Wildman–Crippen MR) is 65.5 cm³/mol. The van der Waals surface area contributed by atoms with Gasteiger partial charge in [-0.25, -0.2) is 9.97 Å². The van der Waals surface area contributed by atoms with Crippen LogP contribution in [0.3, 0.4) is 0 Å². The van der Waals surface area contributed by atoms with Crippen molar-refractivity contribution in [3.8, 4) is 11.5 Å². The Morgan fingerprint density at radius 1 is 1.00 bits per heavy atom. The van der Waals surface area contributed by atoms with E-state index in [-0.39, 0.29) is 5.92 Å². The lowest BCUT2D eigenvalue weighted by Crippen LogP contribution is -1.99. The number of hydrogen-bond acceptors (Lipinski definition) is 6. The molecule has 0 N–H and O–H groups in total. The summed E-state index contributed by atoms with van der Waals surface area (Å²) < 4.78 is 10.6. The molecule has 1 saturated heterocycles. The van der Waals surface area contributed by atoms with E-state index in [0.29, 0.717) is 18.4 Å². The summed E-state index contributed by atoms with van der Waals surface area (Å²) in [6.45, 7) is 1.45. The summed E-state index contributed by atoms with van der Waals surface area (Å²) in [5.41, 5.74) is 0.780. The van der Waals surface area contributed by atoms with Gasteiger partial charge in [-0.05, 0) is 19.3 Å². The van der Waals surface area contributed by atoms with Crippen molar-refractivity contribution in [2.45, 2.75) is 31.1 Å². The van der Waals surface area contributed by atoms with Crippen LogP contribution in [0.1, 0.15) is 42.7 Å². The highest BCUT2D eigenvalue weighted by Crippen LogP contribution is 2.37. The molecule has 6 nitrogen and oxygen atoms in total. The van der Waals surface area contributed by atoms with Crippen LogP contribution < -0.4 is 0 Å². The third-order valence-electron chi connectivity index (χ3n) is 3.60. The lowest BCUT2D eigenvalue weighted by molar-refractivity contribution is 0.192. The number of ether oxygens (including phenoxy) is 1. The molecule has 1 unspecified atom stereocenters. The van der Waals surface area contributed by atoms with Gasteiger partial charge in [0.25, 0.3) is 5.89 Å². The average Bonchev–Trinajstić information content (AvgIpc) is 2.96. The summed E-state index contributed by atoms with van der Waals surface area (Å²) in [6.07, 6.45) is 6.89. The molecule has 3 heterocycles. The first-order valence-corrected chi connectivity index (χ1v) is 6.64. The number of rotatable bonds is 3. The third-order valence-corrected chi connectivity index (χ3v) is 3.60. The van der Waals surface area contributed by atoms with Crippen molar-refractivity contribution in [3.63, 3.8) is 0 Å². The molecule has 98 valence electrons. The fourth-order valence-electron chi connectivity index (χ4n) is 2.26. The second-order valence-corrected chi connectivity index (χ2v) is 5.12. The molecule has 19 heavy (non-hydrogen) atoms. The van der Waals surface area contributed by atoms with Crippen molar-refractivity contribution < 1.29 is 9.26 Å². The minimum Gasteiger partial charge on any atom is -0.381 e. The Morgan fingerprint density at radius 3 is 2.53 bits per heavy atom. The van der Waals surface area contributed by atoms with Gasteiger partial charge in [0.1, 0.15) is 5.82 Å². The molecule has 0 aromatic carbocycles. The van der Waals surface area contributed by atoms with Gasteiger partial charge in [-0.2, -0.15) is 4.98 Å². The molecular weight excluding hydrogens is 244 g/mol. The largest absolute Gasteiger partial charge is 0.381 e. The van der Waals surface area contributed by atoms with Crippen LogP contribution >= 0.6 is 0 Å². The number of hydrogen-bond donors (Lipinski definition) is 0. The monoisotopic (exact) mass is 258 g/mol. The molecule has 2 aliphatic rings. The fourth-order valence-corrected chi connectivity index (χ4v) is 2.26. The van der Waals surface area contributed by atoms with Crippen molar-refractivity contribution in [3.05, 3.63) is 24.0 Å². The van der Waals surface area contributed by atoms with E-state index < -0.39 is 0 Å². The fraction of sp³-hybridized carbons (Fsp3) is 0.538. The van der Waals surface area contributed by atoms with E-state index in [1.807, 2.05) is 0 Å². The van der Waals surface area contributed by atoms with Crippen LogP contribution in [0.4, 0.5) is 0 Å². The van der Waals surface area contributed by atoms with Crippen molar-refractivity contribution in [1.29, 1.82) is 0 Å². The summed E-state index contributed by atoms with van der Waals surface area (Å²) in [6, 6.07) is 0. The first kappa shape index (κ1) is 11.0. The molecule has 2 aromatic rings. The molecule has 4 rings (SSSR count). The quantitative estimate of drug-likeness (QED) is 0.837. The smallest absolute Gasteiger partial charge is 0.261 e. The Hall–Kier alpha value is -1.82. The van der Waals surface area contributed by atoms with Crippen molar-refractivity contribution in [1.82, 2.24) is 20.1 Å². The minimum atomic E-state index is 0.254. The van der Waals surface area contributed by atoms with Crippen LogP contribution in [0.15, 0.2) is 16.9 Å². The Bertz CT molecular complexity index is 571. The Balaban J connectivity index is 1.57. The second kappa shape index (κ2) is 4.38. The molecule has 2 aromatic heterocycles. The summed E-state index contributed by atoms with van der Waals surface area (Å²) in [7, 11) is 0. The van der Waals surface area contributed by atoms with Crippen molar-refractivity contribution >= 4 is 0 Å².